The minimum absolute atomic E-state index is 0.0419. The number of hydrogen-bond donors (Lipinski definition) is 1. The van der Waals surface area contributed by atoms with E-state index < -0.39 is 0 Å². The zero-order valence-electron chi connectivity index (χ0n) is 11.9. The fourth-order valence-corrected chi connectivity index (χ4v) is 3.07. The lowest BCUT2D eigenvalue weighted by atomic mass is 9.75. The Morgan fingerprint density at radius 2 is 1.95 bits per heavy atom. The van der Waals surface area contributed by atoms with E-state index in [2.05, 4.69) is 35.1 Å². The predicted molar refractivity (Wildman–Crippen MR) is 82.4 cm³/mol. The first-order valence-corrected chi connectivity index (χ1v) is 7.74. The molecule has 0 radical (unpaired) electrons. The fraction of sp³-hybridized carbons (Fsp3) is 0.562. The number of nitrogens with one attached hydrogen (secondary N) is 1. The molecule has 1 N–H and O–H groups in total. The van der Waals surface area contributed by atoms with E-state index in [4.69, 9.17) is 0 Å². The van der Waals surface area contributed by atoms with Crippen LogP contribution in [0.3, 0.4) is 0 Å². The van der Waals surface area contributed by atoms with Crippen molar-refractivity contribution in [2.24, 2.45) is 5.41 Å². The van der Waals surface area contributed by atoms with Crippen LogP contribution in [-0.2, 0) is 0 Å². The third-order valence-electron chi connectivity index (χ3n) is 4.11. The molecule has 1 amide bonds. The molecule has 1 aliphatic carbocycles. The highest BCUT2D eigenvalue weighted by atomic mass is 79.9. The quantitative estimate of drug-likeness (QED) is 0.855. The van der Waals surface area contributed by atoms with Gasteiger partial charge in [-0.1, -0.05) is 26.0 Å². The molecule has 1 aromatic rings. The van der Waals surface area contributed by atoms with Crippen LogP contribution in [0.4, 0.5) is 0 Å². The minimum Gasteiger partial charge on any atom is -0.349 e. The Morgan fingerprint density at radius 3 is 2.58 bits per heavy atom. The highest BCUT2D eigenvalue weighted by Gasteiger charge is 2.28. The van der Waals surface area contributed by atoms with Crippen LogP contribution >= 0.6 is 15.9 Å². The average Bonchev–Trinajstić information content (AvgIpc) is 2.35. The first-order valence-electron chi connectivity index (χ1n) is 6.95. The SMILES string of the molecule is Cc1cccc(C(=O)NC2CCC(C)(C)CC2)c1Br. The lowest BCUT2D eigenvalue weighted by Crippen LogP contribution is -2.39. The summed E-state index contributed by atoms with van der Waals surface area (Å²) < 4.78 is 0.906. The molecule has 0 saturated heterocycles. The maximum atomic E-state index is 12.3. The second kappa shape index (κ2) is 5.66. The summed E-state index contributed by atoms with van der Waals surface area (Å²) in [6, 6.07) is 6.13. The topological polar surface area (TPSA) is 29.1 Å². The molecule has 0 spiro atoms. The standard InChI is InChI=1S/C16H22BrNO/c1-11-5-4-6-13(14(11)17)15(19)18-12-7-9-16(2,3)10-8-12/h4-6,12H,7-10H2,1-3H3,(H,18,19). The van der Waals surface area contributed by atoms with Crippen LogP contribution in [-0.4, -0.2) is 11.9 Å². The Bertz CT molecular complexity index is 472. The van der Waals surface area contributed by atoms with Crippen molar-refractivity contribution in [1.29, 1.82) is 0 Å². The van der Waals surface area contributed by atoms with E-state index in [1.54, 1.807) is 0 Å². The van der Waals surface area contributed by atoms with E-state index in [-0.39, 0.29) is 5.91 Å². The van der Waals surface area contributed by atoms with Gasteiger partial charge < -0.3 is 5.32 Å². The van der Waals surface area contributed by atoms with Gasteiger partial charge in [-0.2, -0.15) is 0 Å². The van der Waals surface area contributed by atoms with Crippen LogP contribution in [0.5, 0.6) is 0 Å². The number of halogens is 1. The van der Waals surface area contributed by atoms with Crippen LogP contribution in [0.2, 0.25) is 0 Å². The number of aryl methyl sites for hydroxylation is 1. The Balaban J connectivity index is 2.00. The second-order valence-corrected chi connectivity index (χ2v) is 7.14. The van der Waals surface area contributed by atoms with Gasteiger partial charge in [-0.25, -0.2) is 0 Å². The largest absolute Gasteiger partial charge is 0.349 e. The first-order chi connectivity index (χ1) is 8.89. The molecule has 2 nitrogen and oxygen atoms in total. The summed E-state index contributed by atoms with van der Waals surface area (Å²) >= 11 is 3.50. The average molecular weight is 324 g/mol. The molecule has 2 rings (SSSR count). The van der Waals surface area contributed by atoms with E-state index in [0.29, 0.717) is 11.5 Å². The Labute approximate surface area is 124 Å². The highest BCUT2D eigenvalue weighted by Crippen LogP contribution is 2.35. The van der Waals surface area contributed by atoms with Crippen molar-refractivity contribution in [3.05, 3.63) is 33.8 Å². The maximum absolute atomic E-state index is 12.3. The number of rotatable bonds is 2. The second-order valence-electron chi connectivity index (χ2n) is 6.35. The Kier molecular flexibility index (Phi) is 4.34. The molecule has 0 bridgehead atoms. The molecule has 3 heteroatoms. The summed E-state index contributed by atoms with van der Waals surface area (Å²) in [5.41, 5.74) is 2.27. The van der Waals surface area contributed by atoms with Crippen molar-refractivity contribution in [2.75, 3.05) is 0 Å². The minimum atomic E-state index is 0.0419. The van der Waals surface area contributed by atoms with Gasteiger partial charge in [-0.05, 0) is 65.6 Å². The molecular weight excluding hydrogens is 302 g/mol. The van der Waals surface area contributed by atoms with Gasteiger partial charge in [0.15, 0.2) is 0 Å². The van der Waals surface area contributed by atoms with Crippen LogP contribution in [0.25, 0.3) is 0 Å². The molecule has 0 unspecified atom stereocenters. The van der Waals surface area contributed by atoms with Gasteiger partial charge in [0.05, 0.1) is 5.56 Å². The summed E-state index contributed by atoms with van der Waals surface area (Å²) in [6.45, 7) is 6.62. The normalized spacial score (nSPS) is 19.2. The van der Waals surface area contributed by atoms with Gasteiger partial charge in [0.25, 0.3) is 5.91 Å². The molecular formula is C16H22BrNO. The third kappa shape index (κ3) is 3.59. The lowest BCUT2D eigenvalue weighted by molar-refractivity contribution is 0.0908. The van der Waals surface area contributed by atoms with Crippen molar-refractivity contribution < 1.29 is 4.79 Å². The summed E-state index contributed by atoms with van der Waals surface area (Å²) in [6.07, 6.45) is 4.55. The molecule has 0 aromatic heterocycles. The van der Waals surface area contributed by atoms with Crippen LogP contribution in [0.15, 0.2) is 22.7 Å². The van der Waals surface area contributed by atoms with Crippen molar-refractivity contribution in [1.82, 2.24) is 5.32 Å². The molecule has 0 atom stereocenters. The molecule has 1 aromatic carbocycles. The van der Waals surface area contributed by atoms with Gasteiger partial charge in [0.1, 0.15) is 0 Å². The van der Waals surface area contributed by atoms with Gasteiger partial charge in [-0.15, -0.1) is 0 Å². The van der Waals surface area contributed by atoms with E-state index >= 15 is 0 Å². The van der Waals surface area contributed by atoms with Crippen LogP contribution < -0.4 is 5.32 Å². The Hall–Kier alpha value is -0.830. The monoisotopic (exact) mass is 323 g/mol. The van der Waals surface area contributed by atoms with Crippen LogP contribution in [0, 0.1) is 12.3 Å². The van der Waals surface area contributed by atoms with Gasteiger partial charge >= 0.3 is 0 Å². The predicted octanol–water partition coefficient (Wildman–Crippen LogP) is 4.46. The molecule has 19 heavy (non-hydrogen) atoms. The van der Waals surface area contributed by atoms with E-state index in [9.17, 15) is 4.79 Å². The molecule has 1 saturated carbocycles. The first kappa shape index (κ1) is 14.6. The van der Waals surface area contributed by atoms with Crippen molar-refractivity contribution in [2.45, 2.75) is 52.5 Å². The van der Waals surface area contributed by atoms with Gasteiger partial charge in [0, 0.05) is 10.5 Å². The summed E-state index contributed by atoms with van der Waals surface area (Å²) in [7, 11) is 0. The third-order valence-corrected chi connectivity index (χ3v) is 5.16. The summed E-state index contributed by atoms with van der Waals surface area (Å²) in [5, 5.41) is 3.17. The number of carbonyl (C=O) groups excluding carboxylic acids is 1. The molecule has 0 aliphatic heterocycles. The smallest absolute Gasteiger partial charge is 0.252 e. The molecule has 1 aliphatic rings. The van der Waals surface area contributed by atoms with Crippen molar-refractivity contribution in [3.8, 4) is 0 Å². The van der Waals surface area contributed by atoms with E-state index in [1.165, 1.54) is 12.8 Å². The summed E-state index contributed by atoms with van der Waals surface area (Å²) in [5.74, 6) is 0.0419. The fourth-order valence-electron chi connectivity index (χ4n) is 2.63. The van der Waals surface area contributed by atoms with Crippen molar-refractivity contribution in [3.63, 3.8) is 0 Å². The number of hydrogen-bond acceptors (Lipinski definition) is 1. The molecule has 104 valence electrons. The van der Waals surface area contributed by atoms with Gasteiger partial charge in [0.2, 0.25) is 0 Å². The zero-order chi connectivity index (χ0) is 14.0. The van der Waals surface area contributed by atoms with Gasteiger partial charge in [-0.3, -0.25) is 4.79 Å². The Morgan fingerprint density at radius 1 is 1.32 bits per heavy atom. The van der Waals surface area contributed by atoms with Crippen molar-refractivity contribution >= 4 is 21.8 Å². The van der Waals surface area contributed by atoms with Crippen LogP contribution in [0.1, 0.15) is 55.5 Å². The lowest BCUT2D eigenvalue weighted by Gasteiger charge is -2.34. The maximum Gasteiger partial charge on any atom is 0.252 e. The number of carbonyl (C=O) groups is 1. The van der Waals surface area contributed by atoms with E-state index in [0.717, 1.165) is 28.4 Å². The van der Waals surface area contributed by atoms with E-state index in [1.807, 2.05) is 25.1 Å². The zero-order valence-corrected chi connectivity index (χ0v) is 13.5. The molecule has 0 heterocycles. The summed E-state index contributed by atoms with van der Waals surface area (Å²) in [4.78, 5) is 12.3. The molecule has 1 fully saturated rings. The highest BCUT2D eigenvalue weighted by molar-refractivity contribution is 9.10. The number of benzene rings is 1. The number of amides is 1.